The van der Waals surface area contributed by atoms with Gasteiger partial charge in [-0.15, -0.1) is 0 Å². The Morgan fingerprint density at radius 2 is 1.82 bits per heavy atom. The van der Waals surface area contributed by atoms with E-state index in [4.69, 9.17) is 4.74 Å². The number of benzene rings is 1. The van der Waals surface area contributed by atoms with Gasteiger partial charge in [0.1, 0.15) is 5.75 Å². The molecule has 0 unspecified atom stereocenters. The number of rotatable bonds is 2. The van der Waals surface area contributed by atoms with Crippen LogP contribution in [-0.2, 0) is 16.0 Å². The molecule has 3 aliphatic rings. The molecule has 2 fully saturated rings. The van der Waals surface area contributed by atoms with Crippen molar-refractivity contribution in [1.29, 1.82) is 0 Å². The van der Waals surface area contributed by atoms with Crippen LogP contribution in [0.2, 0.25) is 0 Å². The fraction of sp³-hybridized carbons (Fsp3) is 0.704. The molecule has 2 saturated heterocycles. The van der Waals surface area contributed by atoms with E-state index in [0.29, 0.717) is 12.5 Å². The van der Waals surface area contributed by atoms with Crippen molar-refractivity contribution < 1.29 is 14.3 Å². The number of amides is 2. The van der Waals surface area contributed by atoms with Crippen molar-refractivity contribution in [2.75, 3.05) is 39.3 Å². The van der Waals surface area contributed by atoms with E-state index in [1.807, 2.05) is 25.1 Å². The maximum atomic E-state index is 13.2. The number of hydrogen-bond acceptors (Lipinski definition) is 4. The molecular formula is C27H41N3O3. The molecule has 33 heavy (non-hydrogen) atoms. The molecule has 1 aromatic carbocycles. The van der Waals surface area contributed by atoms with Gasteiger partial charge in [0.15, 0.2) is 6.10 Å². The summed E-state index contributed by atoms with van der Waals surface area (Å²) in [5.74, 6) is 1.32. The standard InChI is InChI=1S/C27H41N3O3/c1-3-29-16-11-23(12-17-29)26(32)30-18-14-27(15-19-30)13-7-6-9-22-8-4-5-10-24(22)33-21(2)25(31)28-20-27/h4-5,8,10,21,23H,3,6-7,9,11-20H2,1-2H3,(H,28,31)/t21-/m1/s1. The van der Waals surface area contributed by atoms with Crippen molar-refractivity contribution in [2.45, 2.75) is 71.3 Å². The minimum Gasteiger partial charge on any atom is -0.481 e. The van der Waals surface area contributed by atoms with Gasteiger partial charge in [-0.25, -0.2) is 0 Å². The molecule has 1 atom stereocenters. The zero-order valence-electron chi connectivity index (χ0n) is 20.5. The van der Waals surface area contributed by atoms with E-state index >= 15 is 0 Å². The zero-order valence-corrected chi connectivity index (χ0v) is 20.5. The van der Waals surface area contributed by atoms with E-state index in [0.717, 1.165) is 89.8 Å². The summed E-state index contributed by atoms with van der Waals surface area (Å²) >= 11 is 0. The van der Waals surface area contributed by atoms with Crippen molar-refractivity contribution in [3.05, 3.63) is 29.8 Å². The zero-order chi connectivity index (χ0) is 23.3. The minimum absolute atomic E-state index is 0.0501. The predicted octanol–water partition coefficient (Wildman–Crippen LogP) is 3.64. The normalized spacial score (nSPS) is 25.3. The van der Waals surface area contributed by atoms with Gasteiger partial charge in [0.25, 0.3) is 5.91 Å². The number of ether oxygens (including phenoxy) is 1. The molecule has 0 saturated carbocycles. The third-order valence-electron chi connectivity index (χ3n) is 8.21. The lowest BCUT2D eigenvalue weighted by molar-refractivity contribution is -0.140. The molecule has 1 aromatic rings. The highest BCUT2D eigenvalue weighted by molar-refractivity contribution is 5.81. The van der Waals surface area contributed by atoms with Gasteiger partial charge in [0.05, 0.1) is 0 Å². The molecule has 6 nitrogen and oxygen atoms in total. The van der Waals surface area contributed by atoms with Crippen molar-refractivity contribution in [2.24, 2.45) is 11.3 Å². The molecule has 3 aliphatic heterocycles. The Hall–Kier alpha value is -2.08. The van der Waals surface area contributed by atoms with Crippen LogP contribution in [-0.4, -0.2) is 67.0 Å². The number of nitrogens with one attached hydrogen (secondary N) is 1. The number of para-hydroxylation sites is 1. The summed E-state index contributed by atoms with van der Waals surface area (Å²) in [6.07, 6.45) is 7.72. The number of fused-ring (bicyclic) bond motifs is 1. The van der Waals surface area contributed by atoms with Crippen LogP contribution in [0.15, 0.2) is 24.3 Å². The first-order valence-electron chi connectivity index (χ1n) is 13.0. The molecule has 0 aliphatic carbocycles. The predicted molar refractivity (Wildman–Crippen MR) is 130 cm³/mol. The second-order valence-corrected chi connectivity index (χ2v) is 10.3. The second-order valence-electron chi connectivity index (χ2n) is 10.3. The van der Waals surface area contributed by atoms with Crippen LogP contribution < -0.4 is 10.1 Å². The molecule has 6 heteroatoms. The van der Waals surface area contributed by atoms with Crippen LogP contribution in [0.25, 0.3) is 0 Å². The van der Waals surface area contributed by atoms with E-state index < -0.39 is 6.10 Å². The lowest BCUT2D eigenvalue weighted by atomic mass is 9.73. The van der Waals surface area contributed by atoms with Gasteiger partial charge in [0.2, 0.25) is 5.91 Å². The highest BCUT2D eigenvalue weighted by Gasteiger charge is 2.38. The van der Waals surface area contributed by atoms with E-state index in [1.165, 1.54) is 5.56 Å². The van der Waals surface area contributed by atoms with Gasteiger partial charge in [-0.2, -0.15) is 0 Å². The van der Waals surface area contributed by atoms with Gasteiger partial charge in [0, 0.05) is 25.6 Å². The summed E-state index contributed by atoms with van der Waals surface area (Å²) < 4.78 is 6.02. The smallest absolute Gasteiger partial charge is 0.260 e. The Labute approximate surface area is 199 Å². The molecule has 1 spiro atoms. The molecule has 0 radical (unpaired) electrons. The molecular weight excluding hydrogens is 414 g/mol. The van der Waals surface area contributed by atoms with Crippen molar-refractivity contribution in [1.82, 2.24) is 15.1 Å². The van der Waals surface area contributed by atoms with E-state index in [1.54, 1.807) is 0 Å². The van der Waals surface area contributed by atoms with Crippen LogP contribution in [0.3, 0.4) is 0 Å². The fourth-order valence-electron chi connectivity index (χ4n) is 5.77. The van der Waals surface area contributed by atoms with Crippen molar-refractivity contribution in [3.8, 4) is 5.75 Å². The van der Waals surface area contributed by atoms with Crippen molar-refractivity contribution in [3.63, 3.8) is 0 Å². The third kappa shape index (κ3) is 5.89. The summed E-state index contributed by atoms with van der Waals surface area (Å²) in [5.41, 5.74) is 1.26. The van der Waals surface area contributed by atoms with E-state index in [2.05, 4.69) is 28.1 Å². The first kappa shape index (κ1) is 24.1. The van der Waals surface area contributed by atoms with E-state index in [-0.39, 0.29) is 17.2 Å². The van der Waals surface area contributed by atoms with Crippen LogP contribution in [0, 0.1) is 11.3 Å². The first-order chi connectivity index (χ1) is 16.0. The van der Waals surface area contributed by atoms with Gasteiger partial charge in [-0.1, -0.05) is 31.5 Å². The molecule has 182 valence electrons. The Kier molecular flexibility index (Phi) is 7.94. The lowest BCUT2D eigenvalue weighted by Crippen LogP contribution is -2.51. The highest BCUT2D eigenvalue weighted by atomic mass is 16.5. The van der Waals surface area contributed by atoms with Crippen LogP contribution in [0.1, 0.15) is 64.4 Å². The maximum Gasteiger partial charge on any atom is 0.260 e. The Bertz CT molecular complexity index is 811. The van der Waals surface area contributed by atoms with Crippen LogP contribution in [0.4, 0.5) is 0 Å². The van der Waals surface area contributed by atoms with Crippen LogP contribution >= 0.6 is 0 Å². The largest absolute Gasteiger partial charge is 0.481 e. The minimum atomic E-state index is -0.515. The Balaban J connectivity index is 1.36. The first-order valence-corrected chi connectivity index (χ1v) is 13.0. The number of hydrogen-bond donors (Lipinski definition) is 1. The second kappa shape index (κ2) is 10.9. The van der Waals surface area contributed by atoms with Crippen molar-refractivity contribution >= 4 is 11.8 Å². The lowest BCUT2D eigenvalue weighted by Gasteiger charge is -2.44. The van der Waals surface area contributed by atoms with Gasteiger partial charge in [-0.3, -0.25) is 9.59 Å². The number of carbonyl (C=O) groups excluding carboxylic acids is 2. The Morgan fingerprint density at radius 3 is 2.55 bits per heavy atom. The molecule has 3 heterocycles. The Morgan fingerprint density at radius 1 is 1.09 bits per heavy atom. The number of piperidine rings is 2. The molecule has 0 bridgehead atoms. The maximum absolute atomic E-state index is 13.2. The number of nitrogens with zero attached hydrogens (tertiary/aromatic N) is 2. The molecule has 4 rings (SSSR count). The molecule has 1 N–H and O–H groups in total. The summed E-state index contributed by atoms with van der Waals surface area (Å²) in [5, 5.41) is 3.19. The highest BCUT2D eigenvalue weighted by Crippen LogP contribution is 2.38. The number of carbonyl (C=O) groups is 2. The molecule has 2 amide bonds. The topological polar surface area (TPSA) is 61.9 Å². The third-order valence-corrected chi connectivity index (χ3v) is 8.21. The quantitative estimate of drug-likeness (QED) is 0.740. The summed E-state index contributed by atoms with van der Waals surface area (Å²) in [7, 11) is 0. The fourth-order valence-corrected chi connectivity index (χ4v) is 5.77. The molecule has 0 aromatic heterocycles. The van der Waals surface area contributed by atoms with E-state index in [9.17, 15) is 9.59 Å². The number of aryl methyl sites for hydroxylation is 1. The van der Waals surface area contributed by atoms with Gasteiger partial charge < -0.3 is 19.9 Å². The summed E-state index contributed by atoms with van der Waals surface area (Å²) in [6.45, 7) is 9.50. The number of likely N-dealkylation sites (tertiary alicyclic amines) is 2. The monoisotopic (exact) mass is 455 g/mol. The summed E-state index contributed by atoms with van der Waals surface area (Å²) in [6, 6.07) is 8.08. The summed E-state index contributed by atoms with van der Waals surface area (Å²) in [4.78, 5) is 30.5. The average molecular weight is 456 g/mol. The van der Waals surface area contributed by atoms with Gasteiger partial charge >= 0.3 is 0 Å². The van der Waals surface area contributed by atoms with Crippen LogP contribution in [0.5, 0.6) is 5.75 Å². The SMILES string of the molecule is CCN1CCC(C(=O)N2CCC3(CCCCc4ccccc4O[C@H](C)C(=O)NC3)CC2)CC1. The average Bonchev–Trinajstić information content (AvgIpc) is 2.85. The van der Waals surface area contributed by atoms with Gasteiger partial charge in [-0.05, 0) is 88.5 Å².